The van der Waals surface area contributed by atoms with E-state index in [0.717, 1.165) is 48.5 Å². The van der Waals surface area contributed by atoms with Crippen LogP contribution in [0.3, 0.4) is 0 Å². The van der Waals surface area contributed by atoms with Crippen molar-refractivity contribution in [1.82, 2.24) is 0 Å². The third-order valence-electron chi connectivity index (χ3n) is 6.56. The molecule has 4 aromatic rings. The molecule has 4 rings (SSSR count). The zero-order chi connectivity index (χ0) is 30.7. The Morgan fingerprint density at radius 3 is 1.02 bits per heavy atom. The molecule has 0 aliphatic heterocycles. The second-order valence-electron chi connectivity index (χ2n) is 9.29. The van der Waals surface area contributed by atoms with Crippen molar-refractivity contribution in [3.05, 3.63) is 143 Å². The Morgan fingerprint density at radius 2 is 0.762 bits per heavy atom. The van der Waals surface area contributed by atoms with E-state index in [4.69, 9.17) is 0 Å². The van der Waals surface area contributed by atoms with Gasteiger partial charge in [-0.05, 0) is 48.5 Å². The normalized spacial score (nSPS) is 12.4. The molecule has 0 aliphatic carbocycles. The monoisotopic (exact) mass is 582 g/mol. The van der Waals surface area contributed by atoms with Gasteiger partial charge in [-0.25, -0.2) is 0 Å². The predicted octanol–water partition coefficient (Wildman–Crippen LogP) is 8.27. The number of carbonyl (C=O) groups is 2. The van der Waals surface area contributed by atoms with Gasteiger partial charge in [-0.2, -0.15) is 26.3 Å². The highest BCUT2D eigenvalue weighted by Gasteiger charge is 2.34. The highest BCUT2D eigenvalue weighted by Crippen LogP contribution is 2.33. The number of carbonyl (C=O) groups excluding carboxylic acids is 2. The molecular formula is C32H24F6N2O2. The lowest BCUT2D eigenvalue weighted by atomic mass is 9.98. The summed E-state index contributed by atoms with van der Waals surface area (Å²) in [5.74, 6) is -1.54. The molecule has 0 spiro atoms. The molecule has 42 heavy (non-hydrogen) atoms. The second-order valence-corrected chi connectivity index (χ2v) is 9.29. The summed E-state index contributed by atoms with van der Waals surface area (Å²) in [6.07, 6.45) is -9.25. The van der Waals surface area contributed by atoms with Crippen molar-refractivity contribution in [3.8, 4) is 0 Å². The number of likely N-dealkylation sites (N-methyl/N-ethyl adjacent to an activating group) is 2. The van der Waals surface area contributed by atoms with E-state index in [0.29, 0.717) is 11.4 Å². The molecule has 216 valence electrons. The van der Waals surface area contributed by atoms with Crippen LogP contribution in [0.1, 0.15) is 31.8 Å². The van der Waals surface area contributed by atoms with Crippen molar-refractivity contribution < 1.29 is 35.9 Å². The van der Waals surface area contributed by atoms with Crippen LogP contribution >= 0.6 is 0 Å². The molecule has 0 saturated carbocycles. The van der Waals surface area contributed by atoms with Crippen LogP contribution in [0.4, 0.5) is 37.7 Å². The number of allylic oxidation sites excluding steroid dienone is 2. The molecule has 0 aliphatic rings. The summed E-state index contributed by atoms with van der Waals surface area (Å²) in [6.45, 7) is 0. The summed E-state index contributed by atoms with van der Waals surface area (Å²) < 4.78 is 79.3. The fourth-order valence-electron chi connectivity index (χ4n) is 4.29. The Labute approximate surface area is 238 Å². The average molecular weight is 583 g/mol. The molecule has 4 nitrogen and oxygen atoms in total. The Balaban J connectivity index is 1.97. The van der Waals surface area contributed by atoms with E-state index in [-0.39, 0.29) is 22.5 Å². The number of ketones is 2. The molecule has 0 atom stereocenters. The third-order valence-corrected chi connectivity index (χ3v) is 6.56. The van der Waals surface area contributed by atoms with Gasteiger partial charge in [-0.15, -0.1) is 0 Å². The quantitative estimate of drug-likeness (QED) is 0.119. The van der Waals surface area contributed by atoms with E-state index in [1.165, 1.54) is 23.9 Å². The van der Waals surface area contributed by atoms with Crippen LogP contribution in [0.15, 0.2) is 121 Å². The Hall–Kier alpha value is -4.86. The van der Waals surface area contributed by atoms with E-state index < -0.39 is 35.0 Å². The Bertz CT molecular complexity index is 1460. The minimum atomic E-state index is -4.63. The fourth-order valence-corrected chi connectivity index (χ4v) is 4.29. The molecule has 0 aromatic heterocycles. The van der Waals surface area contributed by atoms with Gasteiger partial charge in [0, 0.05) is 36.6 Å². The largest absolute Gasteiger partial charge is 0.416 e. The van der Waals surface area contributed by atoms with Gasteiger partial charge in [-0.1, -0.05) is 60.7 Å². The summed E-state index contributed by atoms with van der Waals surface area (Å²) in [6, 6.07) is 24.1. The van der Waals surface area contributed by atoms with Crippen molar-refractivity contribution in [1.29, 1.82) is 0 Å². The maximum absolute atomic E-state index is 14.1. The number of benzene rings is 4. The molecule has 10 heteroatoms. The predicted molar refractivity (Wildman–Crippen MR) is 148 cm³/mol. The first-order valence-corrected chi connectivity index (χ1v) is 12.5. The van der Waals surface area contributed by atoms with Crippen LogP contribution in [-0.2, 0) is 12.4 Å². The fraction of sp³-hybridized carbons (Fsp3) is 0.125. The number of Topliss-reactive ketones (excluding diaryl/α,β-unsaturated/α-hetero) is 2. The number of rotatable bonds is 8. The molecular weight excluding hydrogens is 558 g/mol. The van der Waals surface area contributed by atoms with Crippen LogP contribution in [0.25, 0.3) is 0 Å². The molecule has 0 heterocycles. The molecule has 0 amide bonds. The first-order valence-electron chi connectivity index (χ1n) is 12.5. The van der Waals surface area contributed by atoms with Crippen LogP contribution in [0.5, 0.6) is 0 Å². The number of hydrogen-bond donors (Lipinski definition) is 0. The van der Waals surface area contributed by atoms with Gasteiger partial charge >= 0.3 is 12.4 Å². The van der Waals surface area contributed by atoms with E-state index >= 15 is 0 Å². The summed E-state index contributed by atoms with van der Waals surface area (Å²) in [5.41, 5.74) is -1.60. The maximum atomic E-state index is 14.1. The smallest absolute Gasteiger partial charge is 0.340 e. The van der Waals surface area contributed by atoms with Crippen LogP contribution < -0.4 is 9.80 Å². The highest BCUT2D eigenvalue weighted by atomic mass is 19.4. The molecule has 0 unspecified atom stereocenters. The van der Waals surface area contributed by atoms with Crippen molar-refractivity contribution in [2.45, 2.75) is 12.4 Å². The minimum Gasteiger partial charge on any atom is -0.340 e. The average Bonchev–Trinajstić information content (AvgIpc) is 2.98. The molecule has 4 aromatic carbocycles. The summed E-state index contributed by atoms with van der Waals surface area (Å²) >= 11 is 0. The minimum absolute atomic E-state index is 0.125. The summed E-state index contributed by atoms with van der Waals surface area (Å²) in [5, 5.41) is 0. The first-order chi connectivity index (χ1) is 19.8. The van der Waals surface area contributed by atoms with E-state index in [9.17, 15) is 35.9 Å². The lowest BCUT2D eigenvalue weighted by Gasteiger charge is -2.30. The van der Waals surface area contributed by atoms with Gasteiger partial charge in [-0.3, -0.25) is 9.59 Å². The topological polar surface area (TPSA) is 40.6 Å². The van der Waals surface area contributed by atoms with Crippen LogP contribution in [0.2, 0.25) is 0 Å². The van der Waals surface area contributed by atoms with Gasteiger partial charge < -0.3 is 9.80 Å². The summed E-state index contributed by atoms with van der Waals surface area (Å²) in [7, 11) is 3.04. The van der Waals surface area contributed by atoms with Gasteiger partial charge in [0.05, 0.1) is 11.1 Å². The zero-order valence-corrected chi connectivity index (χ0v) is 22.4. The van der Waals surface area contributed by atoms with Crippen molar-refractivity contribution in [3.63, 3.8) is 0 Å². The number of halogens is 6. The number of nitrogens with zero attached hydrogens (tertiary/aromatic N) is 2. The Morgan fingerprint density at radius 1 is 0.476 bits per heavy atom. The number of para-hydroxylation sites is 2. The van der Waals surface area contributed by atoms with Gasteiger partial charge in [0.15, 0.2) is 0 Å². The lowest BCUT2D eigenvalue weighted by Crippen LogP contribution is -2.34. The molecule has 0 bridgehead atoms. The van der Waals surface area contributed by atoms with Crippen LogP contribution in [-0.4, -0.2) is 25.7 Å². The van der Waals surface area contributed by atoms with Crippen LogP contribution in [0, 0.1) is 0 Å². The zero-order valence-electron chi connectivity index (χ0n) is 22.4. The number of hydrogen-bond acceptors (Lipinski definition) is 4. The van der Waals surface area contributed by atoms with Crippen molar-refractivity contribution in [2.24, 2.45) is 0 Å². The molecule has 0 fully saturated rings. The van der Waals surface area contributed by atoms with Crippen molar-refractivity contribution in [2.75, 3.05) is 23.9 Å². The van der Waals surface area contributed by atoms with E-state index in [1.54, 1.807) is 60.7 Å². The van der Waals surface area contributed by atoms with Gasteiger partial charge in [0.25, 0.3) is 0 Å². The standard InChI is InChI=1S/C32H24F6N2O2/c1-39(25-9-5-3-6-10-25)27(29(41)21-13-17-23(18-14-21)31(33,34)35)28(40(2)26-11-7-4-8-12-26)30(42)22-15-19-24(20-16-22)32(36,37)38/h3-20H,1-2H3/b28-27-. The molecule has 0 radical (unpaired) electrons. The van der Waals surface area contributed by atoms with Gasteiger partial charge in [0.1, 0.15) is 11.4 Å². The number of anilines is 2. The van der Waals surface area contributed by atoms with Gasteiger partial charge in [0.2, 0.25) is 11.6 Å². The highest BCUT2D eigenvalue weighted by molar-refractivity contribution is 6.20. The van der Waals surface area contributed by atoms with E-state index in [1.807, 2.05) is 0 Å². The Kier molecular flexibility index (Phi) is 8.56. The van der Waals surface area contributed by atoms with Crippen molar-refractivity contribution >= 4 is 22.9 Å². The lowest BCUT2D eigenvalue weighted by molar-refractivity contribution is -0.138. The first kappa shape index (κ1) is 30.1. The number of alkyl halides is 6. The molecule has 0 N–H and O–H groups in total. The van der Waals surface area contributed by atoms with E-state index in [2.05, 4.69) is 0 Å². The maximum Gasteiger partial charge on any atom is 0.416 e. The third kappa shape index (κ3) is 6.54. The molecule has 0 saturated heterocycles. The second kappa shape index (κ2) is 11.9. The SMILES string of the molecule is CN(/C(C(=O)c1ccc(C(F)(F)F)cc1)=C(/C(=O)c1ccc(C(F)(F)F)cc1)N(C)c1ccccc1)c1ccccc1. The summed E-state index contributed by atoms with van der Waals surface area (Å²) in [4.78, 5) is 31.1.